The number of hydrogen-bond acceptors (Lipinski definition) is 5. The normalized spacial score (nSPS) is 21.4. The van der Waals surface area contributed by atoms with Crippen molar-refractivity contribution < 1.29 is 27.4 Å². The van der Waals surface area contributed by atoms with Gasteiger partial charge < -0.3 is 9.84 Å². The van der Waals surface area contributed by atoms with Crippen LogP contribution in [0.5, 0.6) is 5.75 Å². The molecule has 1 saturated carbocycles. The number of sulfonamides is 1. The van der Waals surface area contributed by atoms with Crippen LogP contribution in [0, 0.1) is 11.7 Å². The number of carbonyl (C=O) groups is 1. The fourth-order valence-corrected chi connectivity index (χ4v) is 7.29. The van der Waals surface area contributed by atoms with E-state index in [-0.39, 0.29) is 48.1 Å². The first kappa shape index (κ1) is 24.7. The number of aliphatic carboxylic acids is 1. The molecule has 192 valence electrons. The highest BCUT2D eigenvalue weighted by atomic mass is 32.2. The minimum absolute atomic E-state index is 0.0395. The molecule has 2 fully saturated rings. The van der Waals surface area contributed by atoms with Gasteiger partial charge in [-0.1, -0.05) is 19.8 Å². The maximum absolute atomic E-state index is 15.3. The molecular weight excluding hydrogens is 485 g/mol. The summed E-state index contributed by atoms with van der Waals surface area (Å²) in [5.74, 6) is -0.838. The average Bonchev–Trinajstić information content (AvgIpc) is 3.58. The van der Waals surface area contributed by atoms with Crippen LogP contribution in [-0.2, 0) is 21.2 Å². The second-order valence-corrected chi connectivity index (χ2v) is 11.8. The maximum Gasteiger partial charge on any atom is 0.309 e. The van der Waals surface area contributed by atoms with E-state index in [0.29, 0.717) is 27.9 Å². The predicted molar refractivity (Wildman–Crippen MR) is 132 cm³/mol. The number of carboxylic acids is 1. The summed E-state index contributed by atoms with van der Waals surface area (Å²) in [7, 11) is -2.25. The van der Waals surface area contributed by atoms with Crippen LogP contribution in [0.4, 0.5) is 4.39 Å². The first-order valence-electron chi connectivity index (χ1n) is 12.3. The van der Waals surface area contributed by atoms with Crippen LogP contribution in [0.3, 0.4) is 0 Å². The second-order valence-electron chi connectivity index (χ2n) is 9.84. The van der Waals surface area contributed by atoms with Crippen LogP contribution < -0.4 is 4.74 Å². The van der Waals surface area contributed by atoms with Gasteiger partial charge in [0.2, 0.25) is 10.0 Å². The summed E-state index contributed by atoms with van der Waals surface area (Å²) in [6.45, 7) is 2.40. The van der Waals surface area contributed by atoms with Crippen molar-refractivity contribution in [3.8, 4) is 5.75 Å². The van der Waals surface area contributed by atoms with Crippen molar-refractivity contribution in [3.05, 3.63) is 53.5 Å². The Hall–Kier alpha value is -2.98. The molecule has 10 heteroatoms. The standard InChI is InChI=1S/C26H30FN3O5S/c1-16-14-29(36(33,34)19-9-7-18(35-2)8-10-19)15-23(16)30-26-20(22(28-30)13-24(31)32)11-12-21(27)25(26)17-5-3-4-6-17/h7-12,16-17,23H,3-6,13-15H2,1-2H3,(H,31,32)/t16-,23+/m1/s1. The van der Waals surface area contributed by atoms with E-state index in [1.54, 1.807) is 22.9 Å². The third-order valence-electron chi connectivity index (χ3n) is 7.56. The van der Waals surface area contributed by atoms with Crippen LogP contribution in [0.15, 0.2) is 41.3 Å². The molecule has 1 saturated heterocycles. The molecule has 0 amide bonds. The minimum atomic E-state index is -3.77. The molecule has 2 aromatic carbocycles. The van der Waals surface area contributed by atoms with E-state index >= 15 is 4.39 Å². The van der Waals surface area contributed by atoms with Crippen LogP contribution in [0.25, 0.3) is 10.9 Å². The molecule has 1 N–H and O–H groups in total. The van der Waals surface area contributed by atoms with Crippen molar-refractivity contribution in [1.82, 2.24) is 14.1 Å². The molecule has 5 rings (SSSR count). The molecule has 0 spiro atoms. The zero-order chi connectivity index (χ0) is 25.6. The smallest absolute Gasteiger partial charge is 0.309 e. The van der Waals surface area contributed by atoms with Crippen LogP contribution in [0.2, 0.25) is 0 Å². The minimum Gasteiger partial charge on any atom is -0.497 e. The molecule has 1 aromatic heterocycles. The molecule has 2 aliphatic rings. The highest BCUT2D eigenvalue weighted by Crippen LogP contribution is 2.42. The Morgan fingerprint density at radius 1 is 1.14 bits per heavy atom. The average molecular weight is 516 g/mol. The molecule has 2 atom stereocenters. The Labute approximate surface area is 209 Å². The Bertz CT molecular complexity index is 1400. The van der Waals surface area contributed by atoms with Gasteiger partial charge in [-0.15, -0.1) is 0 Å². The number of carboxylic acid groups (broad SMARTS) is 1. The Morgan fingerprint density at radius 3 is 2.47 bits per heavy atom. The molecule has 0 unspecified atom stereocenters. The number of hydrogen-bond donors (Lipinski definition) is 1. The molecule has 1 aliphatic carbocycles. The Morgan fingerprint density at radius 2 is 1.83 bits per heavy atom. The van der Waals surface area contributed by atoms with Gasteiger partial charge in [-0.3, -0.25) is 9.48 Å². The number of benzene rings is 2. The number of methoxy groups -OCH3 is 1. The van der Waals surface area contributed by atoms with E-state index in [1.807, 2.05) is 6.92 Å². The predicted octanol–water partition coefficient (Wildman–Crippen LogP) is 4.35. The second kappa shape index (κ2) is 9.48. The van der Waals surface area contributed by atoms with Crippen molar-refractivity contribution >= 4 is 26.9 Å². The van der Waals surface area contributed by atoms with E-state index < -0.39 is 16.0 Å². The molecule has 1 aliphatic heterocycles. The van der Waals surface area contributed by atoms with Crippen molar-refractivity contribution in [2.45, 2.75) is 55.9 Å². The summed E-state index contributed by atoms with van der Waals surface area (Å²) in [5, 5.41) is 14.8. The van der Waals surface area contributed by atoms with E-state index in [2.05, 4.69) is 5.10 Å². The highest BCUT2D eigenvalue weighted by Gasteiger charge is 2.40. The van der Waals surface area contributed by atoms with Crippen LogP contribution >= 0.6 is 0 Å². The van der Waals surface area contributed by atoms with Gasteiger partial charge in [-0.25, -0.2) is 12.8 Å². The summed E-state index contributed by atoms with van der Waals surface area (Å²) in [6.07, 6.45) is 3.49. The van der Waals surface area contributed by atoms with Gasteiger partial charge in [-0.05, 0) is 61.1 Å². The number of rotatable bonds is 7. The van der Waals surface area contributed by atoms with E-state index in [9.17, 15) is 18.3 Å². The summed E-state index contributed by atoms with van der Waals surface area (Å²) in [5.41, 5.74) is 1.57. The molecule has 0 bridgehead atoms. The lowest BCUT2D eigenvalue weighted by molar-refractivity contribution is -0.136. The summed E-state index contributed by atoms with van der Waals surface area (Å²) in [4.78, 5) is 11.8. The van der Waals surface area contributed by atoms with E-state index in [0.717, 1.165) is 25.7 Å². The molecular formula is C26H30FN3O5S. The molecule has 8 nitrogen and oxygen atoms in total. The fraction of sp³-hybridized carbons (Fsp3) is 0.462. The van der Waals surface area contributed by atoms with Crippen LogP contribution in [0.1, 0.15) is 55.8 Å². The van der Waals surface area contributed by atoms with Gasteiger partial charge in [0.05, 0.1) is 35.7 Å². The zero-order valence-corrected chi connectivity index (χ0v) is 21.2. The van der Waals surface area contributed by atoms with Gasteiger partial charge in [-0.2, -0.15) is 9.40 Å². The van der Waals surface area contributed by atoms with Crippen molar-refractivity contribution in [2.24, 2.45) is 5.92 Å². The lowest BCUT2D eigenvalue weighted by atomic mass is 9.93. The van der Waals surface area contributed by atoms with Crippen molar-refractivity contribution in [3.63, 3.8) is 0 Å². The van der Waals surface area contributed by atoms with Gasteiger partial charge in [0.15, 0.2) is 0 Å². The lowest BCUT2D eigenvalue weighted by Gasteiger charge is -2.20. The van der Waals surface area contributed by atoms with Crippen LogP contribution in [-0.4, -0.2) is 53.8 Å². The third kappa shape index (κ3) is 4.26. The van der Waals surface area contributed by atoms with E-state index in [1.165, 1.54) is 29.6 Å². The quantitative estimate of drug-likeness (QED) is 0.502. The molecule has 36 heavy (non-hydrogen) atoms. The van der Waals surface area contributed by atoms with Crippen molar-refractivity contribution in [1.29, 1.82) is 0 Å². The lowest BCUT2D eigenvalue weighted by Crippen LogP contribution is -2.29. The highest BCUT2D eigenvalue weighted by molar-refractivity contribution is 7.89. The summed E-state index contributed by atoms with van der Waals surface area (Å²) < 4.78 is 50.4. The third-order valence-corrected chi connectivity index (χ3v) is 9.41. The van der Waals surface area contributed by atoms with Gasteiger partial charge >= 0.3 is 5.97 Å². The Kier molecular flexibility index (Phi) is 6.50. The largest absolute Gasteiger partial charge is 0.497 e. The molecule has 0 radical (unpaired) electrons. The van der Waals surface area contributed by atoms with Gasteiger partial charge in [0.1, 0.15) is 11.6 Å². The fourth-order valence-electron chi connectivity index (χ4n) is 5.73. The van der Waals surface area contributed by atoms with E-state index in [4.69, 9.17) is 4.74 Å². The topological polar surface area (TPSA) is 102 Å². The molecule has 2 heterocycles. The Balaban J connectivity index is 1.58. The SMILES string of the molecule is COc1ccc(S(=O)(=O)N2C[C@@H](C)[C@@H](n3nc(CC(=O)O)c4ccc(F)c(C5CCCC5)c43)C2)cc1. The summed E-state index contributed by atoms with van der Waals surface area (Å²) >= 11 is 0. The summed E-state index contributed by atoms with van der Waals surface area (Å²) in [6, 6.07) is 8.92. The number of halogens is 1. The zero-order valence-electron chi connectivity index (χ0n) is 20.4. The van der Waals surface area contributed by atoms with Crippen molar-refractivity contribution in [2.75, 3.05) is 20.2 Å². The number of fused-ring (bicyclic) bond motifs is 1. The number of nitrogens with zero attached hydrogens (tertiary/aromatic N) is 3. The molecule has 3 aromatic rings. The van der Waals surface area contributed by atoms with Gasteiger partial charge in [0.25, 0.3) is 0 Å². The first-order valence-corrected chi connectivity index (χ1v) is 13.7. The van der Waals surface area contributed by atoms with Gasteiger partial charge in [0, 0.05) is 24.0 Å². The first-order chi connectivity index (χ1) is 17.2. The number of aromatic nitrogens is 2. The maximum atomic E-state index is 15.3. The monoisotopic (exact) mass is 515 g/mol. The number of ether oxygens (including phenoxy) is 1.